The summed E-state index contributed by atoms with van der Waals surface area (Å²) in [6, 6.07) is 5.86. The summed E-state index contributed by atoms with van der Waals surface area (Å²) >= 11 is 3.47. The minimum atomic E-state index is 0.0551. The molecule has 1 rings (SSSR count). The van der Waals surface area contributed by atoms with Gasteiger partial charge in [-0.15, -0.1) is 0 Å². The van der Waals surface area contributed by atoms with Crippen LogP contribution in [0.5, 0.6) is 0 Å². The van der Waals surface area contributed by atoms with E-state index in [4.69, 9.17) is 9.47 Å². The summed E-state index contributed by atoms with van der Waals surface area (Å²) in [4.78, 5) is 14.0. The molecule has 112 valence electrons. The first-order valence-corrected chi connectivity index (χ1v) is 7.35. The van der Waals surface area contributed by atoms with Gasteiger partial charge in [-0.25, -0.2) is 0 Å². The molecule has 1 atom stereocenters. The third kappa shape index (κ3) is 4.58. The maximum absolute atomic E-state index is 11.8. The number of methoxy groups -OCH3 is 2. The number of hydrogen-bond donors (Lipinski definition) is 0. The summed E-state index contributed by atoms with van der Waals surface area (Å²) in [6.07, 6.45) is 0. The average molecular weight is 344 g/mol. The lowest BCUT2D eigenvalue weighted by Gasteiger charge is -2.32. The second kappa shape index (κ2) is 8.39. The van der Waals surface area contributed by atoms with E-state index in [1.165, 1.54) is 0 Å². The van der Waals surface area contributed by atoms with Crippen molar-refractivity contribution in [2.75, 3.05) is 38.9 Å². The van der Waals surface area contributed by atoms with Gasteiger partial charge < -0.3 is 14.4 Å². The van der Waals surface area contributed by atoms with Crippen molar-refractivity contribution in [3.63, 3.8) is 0 Å². The van der Waals surface area contributed by atoms with Crippen LogP contribution in [0.25, 0.3) is 0 Å². The Balaban J connectivity index is 3.16. The largest absolute Gasteiger partial charge is 0.383 e. The van der Waals surface area contributed by atoms with Crippen molar-refractivity contribution >= 4 is 27.4 Å². The molecule has 0 radical (unpaired) electrons. The highest BCUT2D eigenvalue weighted by Crippen LogP contribution is 2.27. The second-order valence-corrected chi connectivity index (χ2v) is 5.62. The van der Waals surface area contributed by atoms with Gasteiger partial charge in [0.2, 0.25) is 0 Å². The van der Waals surface area contributed by atoms with Crippen molar-refractivity contribution in [2.45, 2.75) is 19.9 Å². The molecule has 0 saturated carbocycles. The molecule has 20 heavy (non-hydrogen) atoms. The lowest BCUT2D eigenvalue weighted by atomic mass is 10.1. The van der Waals surface area contributed by atoms with Crippen molar-refractivity contribution in [3.05, 3.63) is 28.2 Å². The minimum Gasteiger partial charge on any atom is -0.383 e. The highest BCUT2D eigenvalue weighted by Gasteiger charge is 2.19. The molecule has 0 N–H and O–H groups in total. The van der Waals surface area contributed by atoms with Crippen molar-refractivity contribution < 1.29 is 14.3 Å². The molecular weight excluding hydrogens is 322 g/mol. The highest BCUT2D eigenvalue weighted by atomic mass is 79.9. The zero-order valence-corrected chi connectivity index (χ0v) is 14.1. The molecule has 0 amide bonds. The van der Waals surface area contributed by atoms with Gasteiger partial charge in [0, 0.05) is 42.5 Å². The first-order valence-electron chi connectivity index (χ1n) is 6.56. The van der Waals surface area contributed by atoms with E-state index in [9.17, 15) is 4.79 Å². The zero-order chi connectivity index (χ0) is 15.1. The SMILES string of the molecule is COCCN(c1cc(Br)ccc1C(C)=O)C(C)COC. The normalized spacial score (nSPS) is 12.2. The van der Waals surface area contributed by atoms with Crippen LogP contribution in [-0.4, -0.2) is 45.8 Å². The maximum atomic E-state index is 11.8. The van der Waals surface area contributed by atoms with Crippen LogP contribution in [0.3, 0.4) is 0 Å². The predicted octanol–water partition coefficient (Wildman–Crippen LogP) is 3.14. The Hall–Kier alpha value is -0.910. The molecular formula is C15H22BrNO3. The Kier molecular flexibility index (Phi) is 7.19. The number of halogens is 1. The number of carbonyl (C=O) groups excluding carboxylic acids is 1. The van der Waals surface area contributed by atoms with E-state index in [2.05, 4.69) is 27.8 Å². The number of Topliss-reactive ketones (excluding diaryl/α,β-unsaturated/α-hetero) is 1. The average Bonchev–Trinajstić information content (AvgIpc) is 2.39. The van der Waals surface area contributed by atoms with E-state index in [1.54, 1.807) is 21.1 Å². The summed E-state index contributed by atoms with van der Waals surface area (Å²) < 4.78 is 11.4. The number of ether oxygens (including phenoxy) is 2. The summed E-state index contributed by atoms with van der Waals surface area (Å²) in [5.41, 5.74) is 1.63. The second-order valence-electron chi connectivity index (χ2n) is 4.71. The van der Waals surface area contributed by atoms with E-state index >= 15 is 0 Å². The van der Waals surface area contributed by atoms with Crippen LogP contribution < -0.4 is 4.90 Å². The molecule has 0 heterocycles. The van der Waals surface area contributed by atoms with Gasteiger partial charge in [-0.3, -0.25) is 4.79 Å². The molecule has 0 aliphatic heterocycles. The number of ketones is 1. The maximum Gasteiger partial charge on any atom is 0.161 e. The van der Waals surface area contributed by atoms with E-state index < -0.39 is 0 Å². The third-order valence-corrected chi connectivity index (χ3v) is 3.62. The topological polar surface area (TPSA) is 38.8 Å². The molecule has 0 aliphatic carbocycles. The smallest absolute Gasteiger partial charge is 0.161 e. The van der Waals surface area contributed by atoms with Crippen LogP contribution in [0, 0.1) is 0 Å². The van der Waals surface area contributed by atoms with E-state index in [0.717, 1.165) is 10.2 Å². The van der Waals surface area contributed by atoms with Crippen LogP contribution in [0.15, 0.2) is 22.7 Å². The first-order chi connectivity index (χ1) is 9.51. The predicted molar refractivity (Wildman–Crippen MR) is 84.7 cm³/mol. The van der Waals surface area contributed by atoms with Gasteiger partial charge in [-0.2, -0.15) is 0 Å². The molecule has 0 bridgehead atoms. The third-order valence-electron chi connectivity index (χ3n) is 3.12. The van der Waals surface area contributed by atoms with Crippen molar-refractivity contribution in [2.24, 2.45) is 0 Å². The lowest BCUT2D eigenvalue weighted by Crippen LogP contribution is -2.39. The van der Waals surface area contributed by atoms with Crippen LogP contribution in [0.2, 0.25) is 0 Å². The molecule has 1 aromatic rings. The molecule has 0 saturated heterocycles. The Labute approximate surface area is 129 Å². The van der Waals surface area contributed by atoms with Crippen LogP contribution in [0.4, 0.5) is 5.69 Å². The van der Waals surface area contributed by atoms with Gasteiger partial charge in [0.15, 0.2) is 5.78 Å². The molecule has 1 aromatic carbocycles. The lowest BCUT2D eigenvalue weighted by molar-refractivity contribution is 0.101. The summed E-state index contributed by atoms with van der Waals surface area (Å²) in [5, 5.41) is 0. The number of hydrogen-bond acceptors (Lipinski definition) is 4. The van der Waals surface area contributed by atoms with E-state index in [-0.39, 0.29) is 11.8 Å². The molecule has 1 unspecified atom stereocenters. The fourth-order valence-corrected chi connectivity index (χ4v) is 2.49. The van der Waals surface area contributed by atoms with Gasteiger partial charge in [0.1, 0.15) is 0 Å². The Morgan fingerprint density at radius 1 is 1.35 bits per heavy atom. The first kappa shape index (κ1) is 17.1. The Morgan fingerprint density at radius 3 is 2.60 bits per heavy atom. The Morgan fingerprint density at radius 2 is 2.05 bits per heavy atom. The van der Waals surface area contributed by atoms with Crippen LogP contribution in [0.1, 0.15) is 24.2 Å². The molecule has 0 fully saturated rings. The number of carbonyl (C=O) groups is 1. The molecule has 0 spiro atoms. The monoisotopic (exact) mass is 343 g/mol. The number of benzene rings is 1. The van der Waals surface area contributed by atoms with Crippen molar-refractivity contribution in [1.29, 1.82) is 0 Å². The van der Waals surface area contributed by atoms with Crippen LogP contribution >= 0.6 is 15.9 Å². The highest BCUT2D eigenvalue weighted by molar-refractivity contribution is 9.10. The molecule has 4 nitrogen and oxygen atoms in total. The van der Waals surface area contributed by atoms with E-state index in [1.807, 2.05) is 18.2 Å². The summed E-state index contributed by atoms with van der Waals surface area (Å²) in [5.74, 6) is 0.0551. The van der Waals surface area contributed by atoms with Gasteiger partial charge in [0.05, 0.1) is 13.2 Å². The quantitative estimate of drug-likeness (QED) is 0.679. The summed E-state index contributed by atoms with van der Waals surface area (Å²) in [7, 11) is 3.35. The van der Waals surface area contributed by atoms with Gasteiger partial charge in [0.25, 0.3) is 0 Å². The van der Waals surface area contributed by atoms with E-state index in [0.29, 0.717) is 25.3 Å². The molecule has 0 aliphatic rings. The fourth-order valence-electron chi connectivity index (χ4n) is 2.14. The van der Waals surface area contributed by atoms with Gasteiger partial charge in [-0.05, 0) is 32.0 Å². The van der Waals surface area contributed by atoms with Gasteiger partial charge in [-0.1, -0.05) is 15.9 Å². The van der Waals surface area contributed by atoms with Crippen molar-refractivity contribution in [3.8, 4) is 0 Å². The number of nitrogens with zero attached hydrogens (tertiary/aromatic N) is 1. The Bertz CT molecular complexity index is 451. The van der Waals surface area contributed by atoms with Crippen molar-refractivity contribution in [1.82, 2.24) is 0 Å². The zero-order valence-electron chi connectivity index (χ0n) is 12.5. The van der Waals surface area contributed by atoms with Gasteiger partial charge >= 0.3 is 0 Å². The molecule has 0 aromatic heterocycles. The molecule has 5 heteroatoms. The summed E-state index contributed by atoms with van der Waals surface area (Å²) in [6.45, 7) is 5.55. The number of rotatable bonds is 8. The standard InChI is InChI=1S/C15H22BrNO3/c1-11(10-20-4)17(7-8-19-3)15-9-13(16)5-6-14(15)12(2)18/h5-6,9,11H,7-8,10H2,1-4H3. The number of anilines is 1. The minimum absolute atomic E-state index is 0.0551. The fraction of sp³-hybridized carbons (Fsp3) is 0.533. The van der Waals surface area contributed by atoms with Crippen LogP contribution in [-0.2, 0) is 9.47 Å².